The summed E-state index contributed by atoms with van der Waals surface area (Å²) in [5.74, 6) is 0.877. The third kappa shape index (κ3) is 5.30. The summed E-state index contributed by atoms with van der Waals surface area (Å²) < 4.78 is 0. The first-order valence-electron chi connectivity index (χ1n) is 5.97. The van der Waals surface area contributed by atoms with Gasteiger partial charge >= 0.3 is 0 Å². The van der Waals surface area contributed by atoms with E-state index >= 15 is 0 Å². The quantitative estimate of drug-likeness (QED) is 0.570. The molecule has 13 heavy (non-hydrogen) atoms. The van der Waals surface area contributed by atoms with Crippen molar-refractivity contribution in [3.63, 3.8) is 0 Å². The summed E-state index contributed by atoms with van der Waals surface area (Å²) in [5.41, 5.74) is 0. The molecule has 0 heterocycles. The van der Waals surface area contributed by atoms with Crippen LogP contribution >= 0.6 is 0 Å². The van der Waals surface area contributed by atoms with Gasteiger partial charge in [-0.1, -0.05) is 52.9 Å². The molecule has 0 amide bonds. The number of hydrogen-bond acceptors (Lipinski definition) is 1. The molecule has 0 aromatic carbocycles. The van der Waals surface area contributed by atoms with Crippen LogP contribution in [0, 0.1) is 5.92 Å². The summed E-state index contributed by atoms with van der Waals surface area (Å²) in [6.45, 7) is 6.88. The van der Waals surface area contributed by atoms with Gasteiger partial charge in [-0.2, -0.15) is 0 Å². The Kier molecular flexibility index (Phi) is 8.53. The van der Waals surface area contributed by atoms with E-state index in [2.05, 4.69) is 33.1 Å². The maximum Gasteiger partial charge on any atom is 0.00921 e. The van der Waals surface area contributed by atoms with Crippen LogP contribution in [0.25, 0.3) is 0 Å². The standard InChI is InChI=1S/C12H27N/c1-5-8-9-10-12(13-4)11(6-2)7-3/h11-13H,5-10H2,1-4H3. The summed E-state index contributed by atoms with van der Waals surface area (Å²) >= 11 is 0. The fraction of sp³-hybridized carbons (Fsp3) is 1.00. The lowest BCUT2D eigenvalue weighted by molar-refractivity contribution is 0.326. The van der Waals surface area contributed by atoms with E-state index in [4.69, 9.17) is 0 Å². The molecule has 0 aliphatic rings. The van der Waals surface area contributed by atoms with Crippen LogP contribution in [0.3, 0.4) is 0 Å². The molecule has 1 atom stereocenters. The van der Waals surface area contributed by atoms with Gasteiger partial charge in [-0.15, -0.1) is 0 Å². The molecule has 0 spiro atoms. The van der Waals surface area contributed by atoms with Gasteiger partial charge in [-0.05, 0) is 19.4 Å². The second-order valence-corrected chi connectivity index (χ2v) is 3.97. The SMILES string of the molecule is CCCCCC(NC)C(CC)CC. The Labute approximate surface area is 84.3 Å². The minimum Gasteiger partial charge on any atom is -0.317 e. The lowest BCUT2D eigenvalue weighted by Crippen LogP contribution is -2.32. The predicted molar refractivity (Wildman–Crippen MR) is 61.1 cm³/mol. The van der Waals surface area contributed by atoms with Crippen LogP contribution in [0.15, 0.2) is 0 Å². The van der Waals surface area contributed by atoms with Crippen molar-refractivity contribution in [1.82, 2.24) is 5.32 Å². The van der Waals surface area contributed by atoms with E-state index in [0.29, 0.717) is 0 Å². The largest absolute Gasteiger partial charge is 0.317 e. The van der Waals surface area contributed by atoms with Gasteiger partial charge in [0.25, 0.3) is 0 Å². The molecule has 1 nitrogen and oxygen atoms in total. The Morgan fingerprint density at radius 3 is 2.00 bits per heavy atom. The van der Waals surface area contributed by atoms with Crippen LogP contribution in [-0.2, 0) is 0 Å². The van der Waals surface area contributed by atoms with E-state index in [1.165, 1.54) is 38.5 Å². The summed E-state index contributed by atoms with van der Waals surface area (Å²) in [6, 6.07) is 0.751. The van der Waals surface area contributed by atoms with Gasteiger partial charge in [-0.25, -0.2) is 0 Å². The van der Waals surface area contributed by atoms with Crippen molar-refractivity contribution in [2.24, 2.45) is 5.92 Å². The molecule has 0 bridgehead atoms. The molecular weight excluding hydrogens is 158 g/mol. The van der Waals surface area contributed by atoms with Crippen molar-refractivity contribution in [3.8, 4) is 0 Å². The minimum atomic E-state index is 0.751. The molecule has 0 saturated heterocycles. The fourth-order valence-electron chi connectivity index (χ4n) is 2.09. The Bertz CT molecular complexity index is 97.3. The van der Waals surface area contributed by atoms with E-state index in [1.807, 2.05) is 0 Å². The van der Waals surface area contributed by atoms with Crippen molar-refractivity contribution >= 4 is 0 Å². The highest BCUT2D eigenvalue weighted by Gasteiger charge is 2.15. The number of nitrogens with one attached hydrogen (secondary N) is 1. The van der Waals surface area contributed by atoms with Crippen LogP contribution in [-0.4, -0.2) is 13.1 Å². The van der Waals surface area contributed by atoms with Gasteiger partial charge in [0.2, 0.25) is 0 Å². The van der Waals surface area contributed by atoms with E-state index < -0.39 is 0 Å². The highest BCUT2D eigenvalue weighted by Crippen LogP contribution is 2.17. The molecule has 1 N–H and O–H groups in total. The minimum absolute atomic E-state index is 0.751. The van der Waals surface area contributed by atoms with Crippen molar-refractivity contribution in [2.75, 3.05) is 7.05 Å². The molecule has 80 valence electrons. The molecule has 0 saturated carbocycles. The molecule has 0 fully saturated rings. The monoisotopic (exact) mass is 185 g/mol. The van der Waals surface area contributed by atoms with Gasteiger partial charge < -0.3 is 5.32 Å². The van der Waals surface area contributed by atoms with Crippen LogP contribution in [0.2, 0.25) is 0 Å². The Morgan fingerprint density at radius 1 is 1.00 bits per heavy atom. The second-order valence-electron chi connectivity index (χ2n) is 3.97. The lowest BCUT2D eigenvalue weighted by atomic mass is 9.90. The van der Waals surface area contributed by atoms with E-state index in [9.17, 15) is 0 Å². The maximum absolute atomic E-state index is 3.46. The molecule has 0 radical (unpaired) electrons. The zero-order valence-corrected chi connectivity index (χ0v) is 9.90. The highest BCUT2D eigenvalue weighted by atomic mass is 14.9. The predicted octanol–water partition coefficient (Wildman–Crippen LogP) is 3.59. The topological polar surface area (TPSA) is 12.0 Å². The Balaban J connectivity index is 3.71. The first kappa shape index (κ1) is 13.0. The molecule has 0 aliphatic heterocycles. The molecule has 0 aliphatic carbocycles. The summed E-state index contributed by atoms with van der Waals surface area (Å²) in [7, 11) is 2.11. The normalized spacial score (nSPS) is 13.6. The smallest absolute Gasteiger partial charge is 0.00921 e. The van der Waals surface area contributed by atoms with Gasteiger partial charge in [0.1, 0.15) is 0 Å². The van der Waals surface area contributed by atoms with Gasteiger partial charge in [0.05, 0.1) is 0 Å². The zero-order chi connectivity index (χ0) is 10.1. The number of rotatable bonds is 8. The molecule has 0 aromatic heterocycles. The van der Waals surface area contributed by atoms with Crippen LogP contribution in [0.5, 0.6) is 0 Å². The van der Waals surface area contributed by atoms with Crippen molar-refractivity contribution in [2.45, 2.75) is 65.3 Å². The van der Waals surface area contributed by atoms with Gasteiger partial charge in [0.15, 0.2) is 0 Å². The third-order valence-electron chi connectivity index (χ3n) is 3.11. The Hall–Kier alpha value is -0.0400. The average molecular weight is 185 g/mol. The summed E-state index contributed by atoms with van der Waals surface area (Å²) in [6.07, 6.45) is 8.09. The summed E-state index contributed by atoms with van der Waals surface area (Å²) in [5, 5.41) is 3.46. The summed E-state index contributed by atoms with van der Waals surface area (Å²) in [4.78, 5) is 0. The second kappa shape index (κ2) is 8.55. The number of hydrogen-bond donors (Lipinski definition) is 1. The van der Waals surface area contributed by atoms with Gasteiger partial charge in [-0.3, -0.25) is 0 Å². The molecule has 1 unspecified atom stereocenters. The molecule has 0 aromatic rings. The third-order valence-corrected chi connectivity index (χ3v) is 3.11. The van der Waals surface area contributed by atoms with E-state index in [1.54, 1.807) is 0 Å². The van der Waals surface area contributed by atoms with Gasteiger partial charge in [0, 0.05) is 6.04 Å². The van der Waals surface area contributed by atoms with Crippen LogP contribution in [0.1, 0.15) is 59.3 Å². The average Bonchev–Trinajstić information content (AvgIpc) is 2.17. The highest BCUT2D eigenvalue weighted by molar-refractivity contribution is 4.72. The molecular formula is C12H27N. The fourth-order valence-corrected chi connectivity index (χ4v) is 2.09. The van der Waals surface area contributed by atoms with Crippen molar-refractivity contribution < 1.29 is 0 Å². The van der Waals surface area contributed by atoms with Crippen molar-refractivity contribution in [3.05, 3.63) is 0 Å². The first-order chi connectivity index (χ1) is 6.29. The zero-order valence-electron chi connectivity index (χ0n) is 9.90. The molecule has 1 heteroatoms. The van der Waals surface area contributed by atoms with Crippen LogP contribution in [0.4, 0.5) is 0 Å². The first-order valence-corrected chi connectivity index (χ1v) is 5.97. The van der Waals surface area contributed by atoms with E-state index in [-0.39, 0.29) is 0 Å². The number of unbranched alkanes of at least 4 members (excludes halogenated alkanes) is 2. The maximum atomic E-state index is 3.46. The van der Waals surface area contributed by atoms with Crippen LogP contribution < -0.4 is 5.32 Å². The van der Waals surface area contributed by atoms with E-state index in [0.717, 1.165) is 12.0 Å². The lowest BCUT2D eigenvalue weighted by Gasteiger charge is -2.24. The van der Waals surface area contributed by atoms with Crippen molar-refractivity contribution in [1.29, 1.82) is 0 Å². The Morgan fingerprint density at radius 2 is 1.62 bits per heavy atom. The molecule has 0 rings (SSSR count).